The topological polar surface area (TPSA) is 129 Å². The standard InChI is InChI=1S/C9H8N2O6/c1-2-3-11-5(8(15)16)4(7(13)14)6(12)10-9(11)17/h2H,1,3H2,(H,13,14)(H,15,16)(H,10,12,17). The Morgan fingerprint density at radius 2 is 1.88 bits per heavy atom. The Bertz CT molecular complexity index is 609. The van der Waals surface area contributed by atoms with E-state index in [0.717, 1.165) is 0 Å². The van der Waals surface area contributed by atoms with Crippen molar-refractivity contribution in [3.8, 4) is 0 Å². The Kier molecular flexibility index (Phi) is 3.27. The molecule has 8 heteroatoms. The van der Waals surface area contributed by atoms with Gasteiger partial charge in [-0.25, -0.2) is 14.4 Å². The van der Waals surface area contributed by atoms with Gasteiger partial charge in [-0.2, -0.15) is 0 Å². The second-order valence-corrected chi connectivity index (χ2v) is 2.99. The summed E-state index contributed by atoms with van der Waals surface area (Å²) in [6.07, 6.45) is 1.21. The first-order valence-electron chi connectivity index (χ1n) is 4.34. The Balaban J connectivity index is 3.84. The molecule has 0 radical (unpaired) electrons. The van der Waals surface area contributed by atoms with E-state index in [2.05, 4.69) is 6.58 Å². The summed E-state index contributed by atoms with van der Waals surface area (Å²) in [6.45, 7) is 3.08. The van der Waals surface area contributed by atoms with E-state index in [9.17, 15) is 19.2 Å². The number of aromatic carboxylic acids is 2. The molecule has 0 aliphatic carbocycles. The number of allylic oxidation sites excluding steroid dienone is 1. The SMILES string of the molecule is C=CCn1c(C(=O)O)c(C(=O)O)c(=O)[nH]c1=O. The number of carboxylic acids is 2. The van der Waals surface area contributed by atoms with Crippen LogP contribution in [-0.2, 0) is 6.54 Å². The number of H-pyrrole nitrogens is 1. The van der Waals surface area contributed by atoms with Crippen LogP contribution < -0.4 is 11.2 Å². The normalized spacial score (nSPS) is 9.88. The van der Waals surface area contributed by atoms with Crippen LogP contribution in [0.3, 0.4) is 0 Å². The third-order valence-corrected chi connectivity index (χ3v) is 1.93. The van der Waals surface area contributed by atoms with Crippen LogP contribution in [0, 0.1) is 0 Å². The van der Waals surface area contributed by atoms with Gasteiger partial charge in [0, 0.05) is 6.54 Å². The molecule has 8 nitrogen and oxygen atoms in total. The average molecular weight is 240 g/mol. The second kappa shape index (κ2) is 4.47. The molecule has 17 heavy (non-hydrogen) atoms. The maximum Gasteiger partial charge on any atom is 0.353 e. The molecule has 3 N–H and O–H groups in total. The fraction of sp³-hybridized carbons (Fsp3) is 0.111. The van der Waals surface area contributed by atoms with Crippen LogP contribution >= 0.6 is 0 Å². The summed E-state index contributed by atoms with van der Waals surface area (Å²) in [5.41, 5.74) is -4.11. The predicted octanol–water partition coefficient (Wildman–Crippen LogP) is -0.881. The van der Waals surface area contributed by atoms with Crippen LogP contribution in [0.5, 0.6) is 0 Å². The predicted molar refractivity (Wildman–Crippen MR) is 55.4 cm³/mol. The van der Waals surface area contributed by atoms with Crippen LogP contribution in [0.2, 0.25) is 0 Å². The van der Waals surface area contributed by atoms with Crippen LogP contribution in [0.4, 0.5) is 0 Å². The molecule has 1 heterocycles. The van der Waals surface area contributed by atoms with Crippen LogP contribution in [0.1, 0.15) is 20.8 Å². The molecule has 0 aromatic carbocycles. The molecule has 0 spiro atoms. The minimum Gasteiger partial charge on any atom is -0.477 e. The molecular weight excluding hydrogens is 232 g/mol. The van der Waals surface area contributed by atoms with E-state index in [1.807, 2.05) is 0 Å². The number of aromatic amines is 1. The Morgan fingerprint density at radius 1 is 1.29 bits per heavy atom. The van der Waals surface area contributed by atoms with Crippen LogP contribution in [0.25, 0.3) is 0 Å². The molecule has 90 valence electrons. The average Bonchev–Trinajstić information content (AvgIpc) is 2.20. The number of rotatable bonds is 4. The zero-order valence-electron chi connectivity index (χ0n) is 8.47. The summed E-state index contributed by atoms with van der Waals surface area (Å²) in [7, 11) is 0. The third kappa shape index (κ3) is 2.14. The first kappa shape index (κ1) is 12.4. The highest BCUT2D eigenvalue weighted by Crippen LogP contribution is 2.02. The lowest BCUT2D eigenvalue weighted by Gasteiger charge is -2.08. The van der Waals surface area contributed by atoms with E-state index in [4.69, 9.17) is 10.2 Å². The third-order valence-electron chi connectivity index (χ3n) is 1.93. The fourth-order valence-electron chi connectivity index (χ4n) is 1.30. The smallest absolute Gasteiger partial charge is 0.353 e. The van der Waals surface area contributed by atoms with Gasteiger partial charge in [-0.3, -0.25) is 14.3 Å². The molecule has 0 bridgehead atoms. The Labute approximate surface area is 93.5 Å². The van der Waals surface area contributed by atoms with Crippen molar-refractivity contribution >= 4 is 11.9 Å². The van der Waals surface area contributed by atoms with Crippen molar-refractivity contribution in [2.45, 2.75) is 6.54 Å². The lowest BCUT2D eigenvalue weighted by atomic mass is 10.2. The maximum absolute atomic E-state index is 11.3. The first-order valence-corrected chi connectivity index (χ1v) is 4.34. The van der Waals surface area contributed by atoms with Gasteiger partial charge in [0.1, 0.15) is 0 Å². The van der Waals surface area contributed by atoms with E-state index >= 15 is 0 Å². The molecular formula is C9H8N2O6. The van der Waals surface area contributed by atoms with Gasteiger partial charge in [0.15, 0.2) is 11.3 Å². The number of carboxylic acid groups (broad SMARTS) is 2. The molecule has 0 fully saturated rings. The monoisotopic (exact) mass is 240 g/mol. The van der Waals surface area contributed by atoms with Crippen molar-refractivity contribution in [1.29, 1.82) is 0 Å². The number of hydrogen-bond donors (Lipinski definition) is 3. The summed E-state index contributed by atoms with van der Waals surface area (Å²) >= 11 is 0. The van der Waals surface area contributed by atoms with Crippen LogP contribution in [0.15, 0.2) is 22.2 Å². The zero-order valence-corrected chi connectivity index (χ0v) is 8.47. The summed E-state index contributed by atoms with van der Waals surface area (Å²) in [5, 5.41) is 17.6. The molecule has 1 aromatic rings. The number of nitrogens with one attached hydrogen (secondary N) is 1. The molecule has 1 rings (SSSR count). The van der Waals surface area contributed by atoms with Gasteiger partial charge in [0.2, 0.25) is 0 Å². The summed E-state index contributed by atoms with van der Waals surface area (Å²) in [5.74, 6) is -3.39. The molecule has 0 saturated heterocycles. The molecule has 0 aliphatic heterocycles. The second-order valence-electron chi connectivity index (χ2n) is 2.99. The molecule has 0 aliphatic rings. The van der Waals surface area contributed by atoms with Crippen molar-refractivity contribution in [2.75, 3.05) is 0 Å². The van der Waals surface area contributed by atoms with Crippen molar-refractivity contribution in [2.24, 2.45) is 0 Å². The van der Waals surface area contributed by atoms with E-state index in [1.54, 1.807) is 4.98 Å². The molecule has 0 saturated carbocycles. The number of hydrogen-bond acceptors (Lipinski definition) is 4. The minimum atomic E-state index is -1.72. The van der Waals surface area contributed by atoms with Crippen LogP contribution in [-0.4, -0.2) is 31.7 Å². The van der Waals surface area contributed by atoms with Gasteiger partial charge in [0.05, 0.1) is 0 Å². The summed E-state index contributed by atoms with van der Waals surface area (Å²) in [4.78, 5) is 46.0. The van der Waals surface area contributed by atoms with E-state index < -0.39 is 34.4 Å². The van der Waals surface area contributed by atoms with E-state index in [0.29, 0.717) is 4.57 Å². The maximum atomic E-state index is 11.3. The van der Waals surface area contributed by atoms with E-state index in [1.165, 1.54) is 6.08 Å². The van der Waals surface area contributed by atoms with Gasteiger partial charge < -0.3 is 10.2 Å². The lowest BCUT2D eigenvalue weighted by molar-refractivity contribution is 0.0638. The van der Waals surface area contributed by atoms with E-state index in [-0.39, 0.29) is 6.54 Å². The fourth-order valence-corrected chi connectivity index (χ4v) is 1.30. The Hall–Kier alpha value is -2.64. The van der Waals surface area contributed by atoms with Gasteiger partial charge in [0.25, 0.3) is 5.56 Å². The first-order chi connectivity index (χ1) is 7.90. The highest BCUT2D eigenvalue weighted by atomic mass is 16.4. The summed E-state index contributed by atoms with van der Waals surface area (Å²) in [6, 6.07) is 0. The lowest BCUT2D eigenvalue weighted by Crippen LogP contribution is -2.38. The number of nitrogens with zero attached hydrogens (tertiary/aromatic N) is 1. The van der Waals surface area contributed by atoms with Gasteiger partial charge >= 0.3 is 17.6 Å². The number of carbonyl (C=O) groups is 2. The quantitative estimate of drug-likeness (QED) is 0.586. The highest BCUT2D eigenvalue weighted by molar-refractivity contribution is 5.99. The van der Waals surface area contributed by atoms with Crippen molar-refractivity contribution in [3.05, 3.63) is 44.8 Å². The molecule has 0 atom stereocenters. The highest BCUT2D eigenvalue weighted by Gasteiger charge is 2.25. The van der Waals surface area contributed by atoms with Crippen molar-refractivity contribution in [3.63, 3.8) is 0 Å². The largest absolute Gasteiger partial charge is 0.477 e. The minimum absolute atomic E-state index is 0.225. The van der Waals surface area contributed by atoms with Gasteiger partial charge in [-0.15, -0.1) is 6.58 Å². The Morgan fingerprint density at radius 3 is 2.29 bits per heavy atom. The molecule has 0 unspecified atom stereocenters. The van der Waals surface area contributed by atoms with Crippen molar-refractivity contribution < 1.29 is 19.8 Å². The zero-order chi connectivity index (χ0) is 13.2. The van der Waals surface area contributed by atoms with Gasteiger partial charge in [-0.05, 0) is 0 Å². The van der Waals surface area contributed by atoms with Crippen molar-refractivity contribution in [1.82, 2.24) is 9.55 Å². The molecule has 0 amide bonds. The number of aromatic nitrogens is 2. The molecule has 1 aromatic heterocycles. The van der Waals surface area contributed by atoms with Gasteiger partial charge in [-0.1, -0.05) is 6.08 Å². The summed E-state index contributed by atoms with van der Waals surface area (Å²) < 4.78 is 0.611.